The van der Waals surface area contributed by atoms with Crippen molar-refractivity contribution in [1.29, 1.82) is 0 Å². The molecular weight excluding hydrogens is 771 g/mol. The largest absolute Gasteiger partial charge is 0.780 e. The molecule has 7 heteroatoms. The molecule has 0 fully saturated rings. The maximum Gasteiger partial charge on any atom is 0.124 e. The molecule has 0 saturated heterocycles. The van der Waals surface area contributed by atoms with Crippen molar-refractivity contribution in [2.75, 3.05) is 13.2 Å². The summed E-state index contributed by atoms with van der Waals surface area (Å²) in [6.45, 7) is 23.3. The van der Waals surface area contributed by atoms with E-state index >= 15 is 0 Å². The van der Waals surface area contributed by atoms with Gasteiger partial charge in [0.2, 0.25) is 0 Å². The summed E-state index contributed by atoms with van der Waals surface area (Å²) in [5, 5.41) is 0. The van der Waals surface area contributed by atoms with Crippen molar-refractivity contribution in [2.45, 2.75) is 92.9 Å². The van der Waals surface area contributed by atoms with Crippen LogP contribution >= 0.6 is 0 Å². The minimum Gasteiger partial charge on any atom is -0.780 e. The van der Waals surface area contributed by atoms with E-state index in [-0.39, 0.29) is 27.3 Å². The van der Waals surface area contributed by atoms with E-state index in [9.17, 15) is 0 Å². The van der Waals surface area contributed by atoms with Crippen LogP contribution in [0.5, 0.6) is 11.5 Å². The molecule has 2 nitrogen and oxygen atoms in total. The summed E-state index contributed by atoms with van der Waals surface area (Å²) in [4.78, 5) is 2.74. The fourth-order valence-corrected chi connectivity index (χ4v) is 6.14. The van der Waals surface area contributed by atoms with Crippen LogP contribution in [0.25, 0.3) is 19.6 Å². The first-order chi connectivity index (χ1) is 24.4. The quantitative estimate of drug-likeness (QED) is 0.0799. The smallest absolute Gasteiger partial charge is 0.124 e. The Balaban J connectivity index is 0.000000360. The molecule has 0 spiro atoms. The van der Waals surface area contributed by atoms with Crippen LogP contribution in [0.4, 0.5) is 0 Å². The van der Waals surface area contributed by atoms with Gasteiger partial charge in [0.05, 0.1) is 13.2 Å². The predicted molar refractivity (Wildman–Crippen MR) is 236 cm³/mol. The molecule has 290 valence electrons. The molecule has 0 aliphatic carbocycles. The third kappa shape index (κ3) is 14.5. The number of benzene rings is 4. The Bertz CT molecular complexity index is 1650. The van der Waals surface area contributed by atoms with E-state index < -0.39 is 0 Å². The summed E-state index contributed by atoms with van der Waals surface area (Å²) < 4.78 is 12.2. The van der Waals surface area contributed by atoms with Gasteiger partial charge in [-0.15, -0.1) is 0 Å². The minimum absolute atomic E-state index is 0. The van der Waals surface area contributed by atoms with Gasteiger partial charge in [-0.05, 0) is 93.2 Å². The molecule has 4 aromatic rings. The monoisotopic (exact) mass is 826 g/mol. The molecule has 0 atom stereocenters. The van der Waals surface area contributed by atoms with Gasteiger partial charge in [0.15, 0.2) is 0 Å². The number of hydrogen-bond donors (Lipinski definition) is 0. The first kappa shape index (κ1) is 46.5. The second-order valence-corrected chi connectivity index (χ2v) is 17.7. The third-order valence-corrected chi connectivity index (χ3v) is 10.6. The van der Waals surface area contributed by atoms with E-state index in [1.54, 1.807) is 0 Å². The zero-order valence-electron chi connectivity index (χ0n) is 33.0. The van der Waals surface area contributed by atoms with Crippen molar-refractivity contribution in [1.82, 2.24) is 0 Å². The molecule has 0 unspecified atom stereocenters. The Morgan fingerprint density at radius 1 is 0.491 bits per heavy atom. The van der Waals surface area contributed by atoms with Crippen molar-refractivity contribution >= 4 is 70.1 Å². The molecule has 0 amide bonds. The van der Waals surface area contributed by atoms with Crippen molar-refractivity contribution in [3.05, 3.63) is 130 Å². The normalized spacial score (nSPS) is 12.6. The van der Waals surface area contributed by atoms with Crippen LogP contribution in [0.3, 0.4) is 0 Å². The molecule has 0 saturated carbocycles. The van der Waals surface area contributed by atoms with E-state index in [4.69, 9.17) is 60.0 Å². The van der Waals surface area contributed by atoms with E-state index in [0.717, 1.165) is 46.6 Å². The molecule has 53 heavy (non-hydrogen) atoms. The van der Waals surface area contributed by atoms with Gasteiger partial charge in [0.1, 0.15) is 11.5 Å². The minimum atomic E-state index is 0. The predicted octanol–water partition coefficient (Wildman–Crippen LogP) is 12.7. The van der Waals surface area contributed by atoms with Gasteiger partial charge in [-0.25, -0.2) is 0 Å². The summed E-state index contributed by atoms with van der Waals surface area (Å²) in [5.74, 6) is 2.85. The average molecular weight is 828 g/mol. The van der Waals surface area contributed by atoms with E-state index in [1.165, 1.54) is 11.1 Å². The summed E-state index contributed by atoms with van der Waals surface area (Å²) in [5.41, 5.74) is 6.31. The van der Waals surface area contributed by atoms with Crippen LogP contribution in [-0.2, 0) is 77.8 Å². The summed E-state index contributed by atoms with van der Waals surface area (Å²) in [6.07, 6.45) is 2.02. The maximum absolute atomic E-state index is 6.08. The van der Waals surface area contributed by atoms with Crippen LogP contribution in [0, 0.1) is 11.8 Å². The van der Waals surface area contributed by atoms with E-state index in [0.29, 0.717) is 44.7 Å². The van der Waals surface area contributed by atoms with Crippen molar-refractivity contribution in [3.63, 3.8) is 0 Å². The standard InChI is InChI=1S/2C23H30OS2.Ni/c2*1-16(2)13-14-24-20-12-11-18(23(3,4)5)15-19(20)22(26)21(25)17-9-7-6-8-10-17;/h2*6-12,15-16,25-26H,13-14H2,1-5H3;/p-4/b2*22-21-;. The van der Waals surface area contributed by atoms with Gasteiger partial charge in [-0.1, -0.05) is 142 Å². The molecule has 0 aliphatic heterocycles. The zero-order valence-corrected chi connectivity index (χ0v) is 37.2. The molecule has 0 heterocycles. The number of ether oxygens (including phenoxy) is 2. The van der Waals surface area contributed by atoms with Gasteiger partial charge in [-0.3, -0.25) is 0 Å². The molecule has 4 rings (SSSR count). The fourth-order valence-electron chi connectivity index (χ4n) is 5.09. The average Bonchev–Trinajstić information content (AvgIpc) is 3.10. The SMILES string of the molecule is CC(C)CCOc1ccc(C(C)(C)C)cc1/C([S-])=C(/[S-])c1ccccc1.CC(C)CCOc1ccc(C(C)(C)C)cc1/C([S-])=C(/[S-])c1ccccc1.[Ni]. The molecule has 0 bridgehead atoms. The molecular formula is C46H56NiO2S4-4. The molecule has 0 aliphatic rings. The van der Waals surface area contributed by atoms with Crippen molar-refractivity contribution in [3.8, 4) is 11.5 Å². The number of hydrogen-bond acceptors (Lipinski definition) is 6. The van der Waals surface area contributed by atoms with Gasteiger partial charge in [0.25, 0.3) is 0 Å². The first-order valence-electron chi connectivity index (χ1n) is 18.2. The van der Waals surface area contributed by atoms with E-state index in [1.807, 2.05) is 72.8 Å². The molecule has 4 aromatic carbocycles. The number of rotatable bonds is 12. The topological polar surface area (TPSA) is 18.5 Å². The van der Waals surface area contributed by atoms with Crippen LogP contribution < -0.4 is 9.47 Å². The Labute approximate surface area is 353 Å². The van der Waals surface area contributed by atoms with Crippen molar-refractivity contribution < 1.29 is 26.0 Å². The second-order valence-electron chi connectivity index (χ2n) is 16.0. The third-order valence-electron chi connectivity index (χ3n) is 8.57. The summed E-state index contributed by atoms with van der Waals surface area (Å²) in [6, 6.07) is 32.5. The van der Waals surface area contributed by atoms with Gasteiger partial charge < -0.3 is 60.0 Å². The van der Waals surface area contributed by atoms with Gasteiger partial charge in [0, 0.05) is 16.5 Å². The zero-order chi connectivity index (χ0) is 38.6. The Morgan fingerprint density at radius 3 is 1.09 bits per heavy atom. The van der Waals surface area contributed by atoms with Crippen LogP contribution in [-0.4, -0.2) is 13.2 Å². The van der Waals surface area contributed by atoms with Gasteiger partial charge >= 0.3 is 0 Å². The van der Waals surface area contributed by atoms with Crippen LogP contribution in [0.15, 0.2) is 97.1 Å². The summed E-state index contributed by atoms with van der Waals surface area (Å²) in [7, 11) is 0. The van der Waals surface area contributed by atoms with Crippen LogP contribution in [0.2, 0.25) is 0 Å². The Morgan fingerprint density at radius 2 is 0.811 bits per heavy atom. The Kier molecular flexibility index (Phi) is 18.8. The first-order valence-corrected chi connectivity index (χ1v) is 19.9. The fraction of sp³-hybridized carbons (Fsp3) is 0.391. The van der Waals surface area contributed by atoms with Crippen LogP contribution in [0.1, 0.15) is 115 Å². The molecule has 0 radical (unpaired) electrons. The van der Waals surface area contributed by atoms with E-state index in [2.05, 4.69) is 93.5 Å². The second kappa shape index (κ2) is 21.4. The van der Waals surface area contributed by atoms with Gasteiger partial charge in [-0.2, -0.15) is 19.6 Å². The summed E-state index contributed by atoms with van der Waals surface area (Å²) >= 11 is 22.9. The molecule has 0 N–H and O–H groups in total. The maximum atomic E-state index is 6.08. The molecule has 0 aromatic heterocycles. The van der Waals surface area contributed by atoms with Crippen molar-refractivity contribution in [2.24, 2.45) is 11.8 Å². The Hall–Kier alpha value is -2.67.